The van der Waals surface area contributed by atoms with Gasteiger partial charge in [0.1, 0.15) is 0 Å². The van der Waals surface area contributed by atoms with Crippen LogP contribution in [0.3, 0.4) is 0 Å². The van der Waals surface area contributed by atoms with Crippen molar-refractivity contribution in [2.45, 2.75) is 23.5 Å². The molecule has 2 amide bonds. The summed E-state index contributed by atoms with van der Waals surface area (Å²) < 4.78 is 0. The van der Waals surface area contributed by atoms with Crippen LogP contribution >= 0.6 is 11.8 Å². The molecule has 0 radical (unpaired) electrons. The summed E-state index contributed by atoms with van der Waals surface area (Å²) in [7, 11) is 0. The van der Waals surface area contributed by atoms with Gasteiger partial charge in [0.15, 0.2) is 0 Å². The van der Waals surface area contributed by atoms with E-state index in [1.165, 1.54) is 11.8 Å². The highest BCUT2D eigenvalue weighted by molar-refractivity contribution is 8.00. The van der Waals surface area contributed by atoms with Crippen LogP contribution < -0.4 is 10.2 Å². The van der Waals surface area contributed by atoms with Gasteiger partial charge in [0.25, 0.3) is 0 Å². The Bertz CT molecular complexity index is 1080. The third-order valence-electron chi connectivity index (χ3n) is 4.67. The Balaban J connectivity index is 1.75. The molecule has 3 aromatic rings. The Morgan fingerprint density at radius 2 is 1.42 bits per heavy atom. The van der Waals surface area contributed by atoms with Crippen molar-refractivity contribution >= 4 is 46.6 Å². The van der Waals surface area contributed by atoms with Crippen LogP contribution in [0.2, 0.25) is 0 Å². The van der Waals surface area contributed by atoms with Gasteiger partial charge in [0.2, 0.25) is 11.8 Å². The summed E-state index contributed by atoms with van der Waals surface area (Å²) in [6, 6.07) is 26.2. The van der Waals surface area contributed by atoms with Crippen molar-refractivity contribution in [1.82, 2.24) is 0 Å². The number of para-hydroxylation sites is 2. The molecule has 1 atom stereocenters. The fourth-order valence-corrected chi connectivity index (χ4v) is 4.12. The molecular formula is C26H24N2O4S. The minimum Gasteiger partial charge on any atom is -0.478 e. The first kappa shape index (κ1) is 23.8. The molecule has 168 valence electrons. The van der Waals surface area contributed by atoms with Crippen LogP contribution in [0.4, 0.5) is 17.1 Å². The van der Waals surface area contributed by atoms with E-state index < -0.39 is 11.9 Å². The lowest BCUT2D eigenvalue weighted by atomic mass is 10.2. The number of rotatable bonds is 9. The van der Waals surface area contributed by atoms with E-state index in [1.807, 2.05) is 79.7 Å². The van der Waals surface area contributed by atoms with E-state index in [0.29, 0.717) is 12.1 Å². The predicted molar refractivity (Wildman–Crippen MR) is 132 cm³/mol. The van der Waals surface area contributed by atoms with Crippen LogP contribution in [0.5, 0.6) is 0 Å². The van der Waals surface area contributed by atoms with Crippen LogP contribution in [0.1, 0.15) is 13.3 Å². The Morgan fingerprint density at radius 1 is 0.879 bits per heavy atom. The highest BCUT2D eigenvalue weighted by Crippen LogP contribution is 2.33. The topological polar surface area (TPSA) is 86.7 Å². The molecule has 3 aromatic carbocycles. The summed E-state index contributed by atoms with van der Waals surface area (Å²) in [5, 5.41) is 10.9. The number of thioether (sulfide) groups is 1. The quantitative estimate of drug-likeness (QED) is 0.325. The largest absolute Gasteiger partial charge is 0.478 e. The molecular weight excluding hydrogens is 436 g/mol. The molecule has 0 heterocycles. The molecule has 0 saturated heterocycles. The minimum absolute atomic E-state index is 0.0175. The lowest BCUT2D eigenvalue weighted by Crippen LogP contribution is -2.34. The number of carbonyl (C=O) groups is 3. The fourth-order valence-electron chi connectivity index (χ4n) is 3.12. The standard InChI is InChI=1S/C26H24N2O4S/c1-2-23(33-22-15-13-19(14-16-22)27-24(29)17-18-25(30)31)26(32)28(20-9-5-3-6-10-20)21-11-7-4-8-12-21/h3-18,23H,2H2,1H3,(H,27,29)(H,30,31)/b18-17+. The summed E-state index contributed by atoms with van der Waals surface area (Å²) in [6.07, 6.45) is 2.37. The Morgan fingerprint density at radius 3 is 1.91 bits per heavy atom. The van der Waals surface area contributed by atoms with E-state index >= 15 is 0 Å². The van der Waals surface area contributed by atoms with Crippen molar-refractivity contribution < 1.29 is 19.5 Å². The van der Waals surface area contributed by atoms with Gasteiger partial charge in [-0.1, -0.05) is 43.3 Å². The molecule has 0 fully saturated rings. The summed E-state index contributed by atoms with van der Waals surface area (Å²) in [4.78, 5) is 38.5. The van der Waals surface area contributed by atoms with Crippen molar-refractivity contribution in [1.29, 1.82) is 0 Å². The SMILES string of the molecule is CCC(Sc1ccc(NC(=O)/C=C/C(=O)O)cc1)C(=O)N(c1ccccc1)c1ccccc1. The molecule has 33 heavy (non-hydrogen) atoms. The van der Waals surface area contributed by atoms with Crippen LogP contribution in [0.25, 0.3) is 0 Å². The van der Waals surface area contributed by atoms with Gasteiger partial charge in [-0.3, -0.25) is 14.5 Å². The second kappa shape index (κ2) is 11.7. The first-order valence-electron chi connectivity index (χ1n) is 10.4. The summed E-state index contributed by atoms with van der Waals surface area (Å²) in [6.45, 7) is 1.98. The molecule has 6 nitrogen and oxygen atoms in total. The Labute approximate surface area is 196 Å². The maximum Gasteiger partial charge on any atom is 0.328 e. The van der Waals surface area contributed by atoms with Crippen LogP contribution in [-0.2, 0) is 14.4 Å². The third kappa shape index (κ3) is 6.82. The molecule has 0 aliphatic rings. The zero-order valence-electron chi connectivity index (χ0n) is 18.0. The van der Waals surface area contributed by atoms with Crippen molar-refractivity contribution in [3.8, 4) is 0 Å². The second-order valence-electron chi connectivity index (χ2n) is 7.04. The van der Waals surface area contributed by atoms with E-state index in [4.69, 9.17) is 5.11 Å². The van der Waals surface area contributed by atoms with Gasteiger partial charge in [-0.25, -0.2) is 4.79 Å². The molecule has 0 aliphatic carbocycles. The number of hydrogen-bond donors (Lipinski definition) is 2. The van der Waals surface area contributed by atoms with Crippen LogP contribution in [0, 0.1) is 0 Å². The van der Waals surface area contributed by atoms with Crippen molar-refractivity contribution in [2.75, 3.05) is 10.2 Å². The predicted octanol–water partition coefficient (Wildman–Crippen LogP) is 5.50. The summed E-state index contributed by atoms with van der Waals surface area (Å²) in [5.41, 5.74) is 2.15. The number of nitrogens with one attached hydrogen (secondary N) is 1. The molecule has 1 unspecified atom stereocenters. The minimum atomic E-state index is -1.19. The molecule has 3 rings (SSSR count). The van der Waals surface area contributed by atoms with Crippen LogP contribution in [-0.4, -0.2) is 28.1 Å². The normalized spacial score (nSPS) is 11.7. The molecule has 2 N–H and O–H groups in total. The first-order valence-corrected chi connectivity index (χ1v) is 11.3. The van der Waals surface area contributed by atoms with E-state index in [1.54, 1.807) is 17.0 Å². The number of carbonyl (C=O) groups excluding carboxylic acids is 2. The van der Waals surface area contributed by atoms with Crippen molar-refractivity contribution in [3.05, 3.63) is 97.1 Å². The van der Waals surface area contributed by atoms with E-state index in [2.05, 4.69) is 5.32 Å². The molecule has 0 spiro atoms. The molecule has 0 aromatic heterocycles. The van der Waals surface area contributed by atoms with Gasteiger partial charge in [-0.2, -0.15) is 0 Å². The number of aliphatic carboxylic acids is 1. The number of benzene rings is 3. The van der Waals surface area contributed by atoms with Gasteiger partial charge < -0.3 is 10.4 Å². The van der Waals surface area contributed by atoms with Crippen LogP contribution in [0.15, 0.2) is 102 Å². The van der Waals surface area contributed by atoms with Gasteiger partial charge in [0.05, 0.1) is 5.25 Å². The molecule has 0 aliphatic heterocycles. The van der Waals surface area contributed by atoms with Crippen molar-refractivity contribution in [3.63, 3.8) is 0 Å². The highest BCUT2D eigenvalue weighted by Gasteiger charge is 2.26. The van der Waals surface area contributed by atoms with E-state index in [0.717, 1.165) is 28.4 Å². The van der Waals surface area contributed by atoms with Gasteiger partial charge >= 0.3 is 5.97 Å². The second-order valence-corrected chi connectivity index (χ2v) is 8.32. The molecule has 0 saturated carbocycles. The number of nitrogens with zero attached hydrogens (tertiary/aromatic N) is 1. The first-order chi connectivity index (χ1) is 16.0. The summed E-state index contributed by atoms with van der Waals surface area (Å²) in [5.74, 6) is -1.73. The zero-order chi connectivity index (χ0) is 23.6. The average Bonchev–Trinajstić information content (AvgIpc) is 2.83. The number of carboxylic acid groups (broad SMARTS) is 1. The lowest BCUT2D eigenvalue weighted by Gasteiger charge is -2.27. The third-order valence-corrected chi connectivity index (χ3v) is 6.04. The number of carboxylic acids is 1. The zero-order valence-corrected chi connectivity index (χ0v) is 18.9. The highest BCUT2D eigenvalue weighted by atomic mass is 32.2. The van der Waals surface area contributed by atoms with E-state index in [9.17, 15) is 14.4 Å². The average molecular weight is 461 g/mol. The van der Waals surface area contributed by atoms with E-state index in [-0.39, 0.29) is 11.2 Å². The maximum absolute atomic E-state index is 13.6. The number of anilines is 3. The Hall–Kier alpha value is -3.84. The smallest absolute Gasteiger partial charge is 0.328 e. The Kier molecular flexibility index (Phi) is 8.43. The van der Waals surface area contributed by atoms with Gasteiger partial charge in [-0.05, 0) is 55.0 Å². The van der Waals surface area contributed by atoms with Gasteiger partial charge in [0, 0.05) is 34.1 Å². The maximum atomic E-state index is 13.6. The number of hydrogen-bond acceptors (Lipinski definition) is 4. The van der Waals surface area contributed by atoms with Gasteiger partial charge in [-0.15, -0.1) is 11.8 Å². The lowest BCUT2D eigenvalue weighted by molar-refractivity contribution is -0.131. The summed E-state index contributed by atoms with van der Waals surface area (Å²) >= 11 is 1.46. The monoisotopic (exact) mass is 460 g/mol. The fraction of sp³-hybridized carbons (Fsp3) is 0.115. The van der Waals surface area contributed by atoms with Crippen molar-refractivity contribution in [2.24, 2.45) is 0 Å². The number of amides is 2. The molecule has 0 bridgehead atoms. The molecule has 7 heteroatoms.